The van der Waals surface area contributed by atoms with E-state index in [2.05, 4.69) is 45.3 Å². The highest BCUT2D eigenvalue weighted by Crippen LogP contribution is 2.42. The minimum Gasteiger partial charge on any atom is -0.375 e. The molecule has 2 aliphatic rings. The molecule has 0 bridgehead atoms. The monoisotopic (exact) mass is 308 g/mol. The van der Waals surface area contributed by atoms with E-state index in [0.717, 1.165) is 12.8 Å². The van der Waals surface area contributed by atoms with Crippen LogP contribution < -0.4 is 5.32 Å². The number of hydrogen-bond acceptors (Lipinski definition) is 4. The van der Waals surface area contributed by atoms with Crippen LogP contribution in [0.15, 0.2) is 5.38 Å². The summed E-state index contributed by atoms with van der Waals surface area (Å²) >= 11 is 1.83. The summed E-state index contributed by atoms with van der Waals surface area (Å²) in [5.74, 6) is 0. The van der Waals surface area contributed by atoms with Crippen molar-refractivity contribution in [3.63, 3.8) is 0 Å². The third-order valence-electron chi connectivity index (χ3n) is 4.48. The van der Waals surface area contributed by atoms with Crippen molar-refractivity contribution in [2.24, 2.45) is 0 Å². The van der Waals surface area contributed by atoms with E-state index in [0.29, 0.717) is 18.2 Å². The Balaban J connectivity index is 1.92. The zero-order valence-corrected chi connectivity index (χ0v) is 14.7. The van der Waals surface area contributed by atoms with E-state index in [-0.39, 0.29) is 11.0 Å². The van der Waals surface area contributed by atoms with Crippen LogP contribution in [0.4, 0.5) is 0 Å². The first-order valence-corrected chi connectivity index (χ1v) is 9.06. The van der Waals surface area contributed by atoms with E-state index in [1.54, 1.807) is 0 Å². The normalized spacial score (nSPS) is 34.1. The van der Waals surface area contributed by atoms with Crippen molar-refractivity contribution < 1.29 is 4.74 Å². The lowest BCUT2D eigenvalue weighted by molar-refractivity contribution is -0.0718. The highest BCUT2D eigenvalue weighted by molar-refractivity contribution is 7.09. The first-order valence-electron chi connectivity index (χ1n) is 8.18. The molecular weight excluding hydrogens is 280 g/mol. The molecule has 3 nitrogen and oxygen atoms in total. The zero-order chi connectivity index (χ0) is 15.3. The van der Waals surface area contributed by atoms with Gasteiger partial charge in [-0.2, -0.15) is 0 Å². The molecule has 1 aliphatic heterocycles. The number of thiazole rings is 1. The second-order valence-electron chi connectivity index (χ2n) is 7.95. The van der Waals surface area contributed by atoms with Gasteiger partial charge in [-0.15, -0.1) is 11.3 Å². The van der Waals surface area contributed by atoms with Gasteiger partial charge in [-0.25, -0.2) is 4.98 Å². The van der Waals surface area contributed by atoms with Crippen molar-refractivity contribution in [2.75, 3.05) is 0 Å². The number of ether oxygens (including phenoxy) is 1. The van der Waals surface area contributed by atoms with Gasteiger partial charge in [-0.3, -0.25) is 0 Å². The molecule has 3 rings (SSSR count). The Bertz CT molecular complexity index is 486. The summed E-state index contributed by atoms with van der Waals surface area (Å²) in [5.41, 5.74) is 1.36. The first kappa shape index (κ1) is 15.4. The quantitative estimate of drug-likeness (QED) is 0.917. The van der Waals surface area contributed by atoms with Crippen LogP contribution in [-0.4, -0.2) is 23.2 Å². The minimum absolute atomic E-state index is 0.0203. The first-order chi connectivity index (χ1) is 9.78. The van der Waals surface area contributed by atoms with Crippen LogP contribution in [0.5, 0.6) is 0 Å². The smallest absolute Gasteiger partial charge is 0.113 e. The Kier molecular flexibility index (Phi) is 3.92. The molecule has 2 atom stereocenters. The largest absolute Gasteiger partial charge is 0.375 e. The molecule has 1 saturated heterocycles. The van der Waals surface area contributed by atoms with Gasteiger partial charge in [0.15, 0.2) is 0 Å². The van der Waals surface area contributed by atoms with Gasteiger partial charge in [0.2, 0.25) is 0 Å². The van der Waals surface area contributed by atoms with E-state index in [4.69, 9.17) is 9.72 Å². The maximum Gasteiger partial charge on any atom is 0.113 e. The van der Waals surface area contributed by atoms with Crippen molar-refractivity contribution in [1.29, 1.82) is 0 Å². The number of aromatic nitrogens is 1. The Morgan fingerprint density at radius 1 is 1.24 bits per heavy atom. The summed E-state index contributed by atoms with van der Waals surface area (Å²) in [5, 5.41) is 7.43. The van der Waals surface area contributed by atoms with Gasteiger partial charge >= 0.3 is 0 Å². The second kappa shape index (κ2) is 5.32. The lowest BCUT2D eigenvalue weighted by Crippen LogP contribution is -2.52. The van der Waals surface area contributed by atoms with Crippen LogP contribution >= 0.6 is 11.3 Å². The van der Waals surface area contributed by atoms with Crippen LogP contribution in [0.2, 0.25) is 0 Å². The highest BCUT2D eigenvalue weighted by atomic mass is 32.1. The number of nitrogens with one attached hydrogen (secondary N) is 1. The van der Waals surface area contributed by atoms with Crippen LogP contribution in [0, 0.1) is 0 Å². The van der Waals surface area contributed by atoms with Crippen LogP contribution in [0.25, 0.3) is 0 Å². The van der Waals surface area contributed by atoms with E-state index in [1.165, 1.54) is 23.5 Å². The van der Waals surface area contributed by atoms with E-state index >= 15 is 0 Å². The number of hydrogen-bond donors (Lipinski definition) is 1. The summed E-state index contributed by atoms with van der Waals surface area (Å²) in [6, 6.07) is 0.685. The fraction of sp³-hybridized carbons (Fsp3) is 0.824. The molecule has 4 heteroatoms. The second-order valence-corrected chi connectivity index (χ2v) is 8.81. The maximum absolute atomic E-state index is 5.98. The summed E-state index contributed by atoms with van der Waals surface area (Å²) in [6.07, 6.45) is 5.27. The van der Waals surface area contributed by atoms with Gasteiger partial charge in [0.25, 0.3) is 0 Å². The van der Waals surface area contributed by atoms with Gasteiger partial charge in [-0.1, -0.05) is 20.8 Å². The Morgan fingerprint density at radius 2 is 1.86 bits per heavy atom. The molecule has 21 heavy (non-hydrogen) atoms. The van der Waals surface area contributed by atoms with Crippen LogP contribution in [-0.2, 0) is 15.7 Å². The molecule has 0 radical (unpaired) electrons. The predicted molar refractivity (Wildman–Crippen MR) is 87.9 cm³/mol. The van der Waals surface area contributed by atoms with Gasteiger partial charge in [-0.05, 0) is 39.5 Å². The lowest BCUT2D eigenvalue weighted by atomic mass is 9.84. The molecule has 2 fully saturated rings. The van der Waals surface area contributed by atoms with Gasteiger partial charge in [0.1, 0.15) is 5.01 Å². The highest BCUT2D eigenvalue weighted by Gasteiger charge is 2.45. The van der Waals surface area contributed by atoms with Crippen molar-refractivity contribution >= 4 is 11.3 Å². The molecule has 0 spiro atoms. The van der Waals surface area contributed by atoms with Gasteiger partial charge in [0.05, 0.1) is 23.4 Å². The fourth-order valence-corrected chi connectivity index (χ4v) is 4.60. The summed E-state index contributed by atoms with van der Waals surface area (Å²) in [4.78, 5) is 5.03. The Labute approximate surface area is 132 Å². The van der Waals surface area contributed by atoms with Crippen molar-refractivity contribution in [3.05, 3.63) is 16.1 Å². The summed E-state index contributed by atoms with van der Waals surface area (Å²) < 4.78 is 5.98. The Hall–Kier alpha value is -0.450. The molecule has 0 aromatic carbocycles. The summed E-state index contributed by atoms with van der Waals surface area (Å²) in [7, 11) is 0. The van der Waals surface area contributed by atoms with Crippen molar-refractivity contribution in [3.8, 4) is 0 Å². The molecular formula is C17H28N2OS. The molecule has 0 amide bonds. The topological polar surface area (TPSA) is 34.2 Å². The molecule has 1 saturated carbocycles. The maximum atomic E-state index is 5.98. The average Bonchev–Trinajstić information content (AvgIpc) is 2.99. The molecule has 2 unspecified atom stereocenters. The number of rotatable bonds is 3. The molecule has 118 valence electrons. The molecule has 2 heterocycles. The zero-order valence-electron chi connectivity index (χ0n) is 13.9. The standard InChI is InChI=1S/C17H28N2OS/c1-11-8-17(9-12(2)20-11,19-13-6-7-13)15-18-14(10-21-15)16(3,4)5/h10-13,19H,6-9H2,1-5H3. The lowest BCUT2D eigenvalue weighted by Gasteiger charge is -2.42. The minimum atomic E-state index is 0.0203. The average molecular weight is 308 g/mol. The van der Waals surface area contributed by atoms with Crippen LogP contribution in [0.3, 0.4) is 0 Å². The molecule has 1 aromatic heterocycles. The number of nitrogens with zero attached hydrogens (tertiary/aromatic N) is 1. The molecule has 1 aromatic rings. The van der Waals surface area contributed by atoms with E-state index in [1.807, 2.05) is 11.3 Å². The molecule has 1 aliphatic carbocycles. The van der Waals surface area contributed by atoms with Crippen molar-refractivity contribution in [2.45, 2.75) is 89.5 Å². The Morgan fingerprint density at radius 3 is 2.33 bits per heavy atom. The predicted octanol–water partition coefficient (Wildman–Crippen LogP) is 3.98. The van der Waals surface area contributed by atoms with Gasteiger partial charge < -0.3 is 10.1 Å². The van der Waals surface area contributed by atoms with E-state index in [9.17, 15) is 0 Å². The summed E-state index contributed by atoms with van der Waals surface area (Å²) in [6.45, 7) is 11.1. The third-order valence-corrected chi connectivity index (χ3v) is 5.52. The SMILES string of the molecule is CC1CC(NC2CC2)(c2nc(C(C)(C)C)cs2)CC(C)O1. The molecule has 1 N–H and O–H groups in total. The van der Waals surface area contributed by atoms with Crippen molar-refractivity contribution in [1.82, 2.24) is 10.3 Å². The fourth-order valence-electron chi connectivity index (χ4n) is 3.37. The van der Waals surface area contributed by atoms with Crippen LogP contribution in [0.1, 0.15) is 71.0 Å². The third kappa shape index (κ3) is 3.33. The van der Waals surface area contributed by atoms with E-state index < -0.39 is 0 Å². The van der Waals surface area contributed by atoms with Gasteiger partial charge in [0, 0.05) is 16.8 Å².